The largest absolute Gasteiger partial charge is 0.386 e. The number of ether oxygens (including phenoxy) is 1. The molecule has 1 fully saturated rings. The SMILES string of the molecule is COCCNC(=O)N1CCC(C2(C)[C@H](O)c3cc(Cl)cc4cnn2c34)CC1. The van der Waals surface area contributed by atoms with Crippen LogP contribution < -0.4 is 5.32 Å². The first kappa shape index (κ1) is 18.5. The lowest BCUT2D eigenvalue weighted by molar-refractivity contribution is -0.0117. The Balaban J connectivity index is 1.51. The van der Waals surface area contributed by atoms with Gasteiger partial charge in [0.1, 0.15) is 6.10 Å². The lowest BCUT2D eigenvalue weighted by Gasteiger charge is -2.42. The molecule has 2 N–H and O–H groups in total. The minimum atomic E-state index is -0.658. The summed E-state index contributed by atoms with van der Waals surface area (Å²) < 4.78 is 6.94. The van der Waals surface area contributed by atoms with Crippen molar-refractivity contribution in [2.75, 3.05) is 33.4 Å². The number of aliphatic hydroxyl groups is 1. The highest BCUT2D eigenvalue weighted by Crippen LogP contribution is 2.51. The molecular formula is C19H25ClN4O3. The standard InChI is InChI=1S/C19H25ClN4O3/c1-19(13-3-6-23(7-4-13)18(26)21-5-8-27-2)17(25)15-10-14(20)9-12-11-22-24(19)16(12)15/h9-11,13,17,25H,3-8H2,1-2H3,(H,21,26)/t17-,19?/m1/s1. The smallest absolute Gasteiger partial charge is 0.317 e. The minimum absolute atomic E-state index is 0.0563. The van der Waals surface area contributed by atoms with Gasteiger partial charge in [-0.1, -0.05) is 11.6 Å². The van der Waals surface area contributed by atoms with E-state index in [1.54, 1.807) is 7.11 Å². The molecule has 2 atom stereocenters. The molecule has 1 unspecified atom stereocenters. The number of aliphatic hydroxyl groups excluding tert-OH is 1. The summed E-state index contributed by atoms with van der Waals surface area (Å²) in [4.78, 5) is 14.1. The first-order chi connectivity index (χ1) is 13.0. The normalized spacial score (nSPS) is 25.3. The van der Waals surface area contributed by atoms with E-state index >= 15 is 0 Å². The Morgan fingerprint density at radius 1 is 1.44 bits per heavy atom. The van der Waals surface area contributed by atoms with Gasteiger partial charge in [-0.2, -0.15) is 5.10 Å². The highest BCUT2D eigenvalue weighted by Gasteiger charge is 2.50. The number of hydrogen-bond acceptors (Lipinski definition) is 4. The number of aromatic nitrogens is 2. The number of rotatable bonds is 4. The highest BCUT2D eigenvalue weighted by molar-refractivity contribution is 6.31. The van der Waals surface area contributed by atoms with Crippen LogP contribution in [0.3, 0.4) is 0 Å². The number of carbonyl (C=O) groups is 1. The Labute approximate surface area is 163 Å². The van der Waals surface area contributed by atoms with Crippen molar-refractivity contribution in [3.05, 3.63) is 28.9 Å². The maximum atomic E-state index is 12.3. The lowest BCUT2D eigenvalue weighted by Crippen LogP contribution is -2.50. The second-order valence-corrected chi connectivity index (χ2v) is 8.04. The van der Waals surface area contributed by atoms with E-state index in [0.717, 1.165) is 29.3 Å². The third kappa shape index (κ3) is 2.88. The van der Waals surface area contributed by atoms with E-state index in [2.05, 4.69) is 17.3 Å². The number of likely N-dealkylation sites (tertiary alicyclic amines) is 1. The summed E-state index contributed by atoms with van der Waals surface area (Å²) in [6.45, 7) is 4.40. The fourth-order valence-electron chi connectivity index (χ4n) is 4.60. The maximum absolute atomic E-state index is 12.3. The van der Waals surface area contributed by atoms with E-state index in [4.69, 9.17) is 16.3 Å². The van der Waals surface area contributed by atoms with Gasteiger partial charge < -0.3 is 20.1 Å². The van der Waals surface area contributed by atoms with Crippen LogP contribution in [0.25, 0.3) is 10.9 Å². The number of urea groups is 1. The average Bonchev–Trinajstić information content (AvgIpc) is 3.18. The number of hydrogen-bond donors (Lipinski definition) is 2. The van der Waals surface area contributed by atoms with E-state index in [1.807, 2.05) is 27.9 Å². The number of piperidine rings is 1. The van der Waals surface area contributed by atoms with Gasteiger partial charge in [0.25, 0.3) is 0 Å². The average molecular weight is 393 g/mol. The van der Waals surface area contributed by atoms with E-state index in [0.29, 0.717) is 31.3 Å². The molecule has 0 saturated carbocycles. The zero-order valence-electron chi connectivity index (χ0n) is 15.6. The number of methoxy groups -OCH3 is 1. The molecule has 146 valence electrons. The summed E-state index contributed by atoms with van der Waals surface area (Å²) in [6.07, 6.45) is 2.78. The first-order valence-electron chi connectivity index (χ1n) is 9.34. The van der Waals surface area contributed by atoms with Gasteiger partial charge in [0, 0.05) is 42.7 Å². The van der Waals surface area contributed by atoms with Crippen LogP contribution in [-0.4, -0.2) is 59.2 Å². The van der Waals surface area contributed by atoms with Gasteiger partial charge in [-0.05, 0) is 37.8 Å². The summed E-state index contributed by atoms with van der Waals surface area (Å²) in [5.74, 6) is 0.213. The molecule has 7 nitrogen and oxygen atoms in total. The Hall–Kier alpha value is -1.83. The molecule has 1 saturated heterocycles. The predicted octanol–water partition coefficient (Wildman–Crippen LogP) is 2.52. The fraction of sp³-hybridized carbons (Fsp3) is 0.579. The quantitative estimate of drug-likeness (QED) is 0.783. The Morgan fingerprint density at radius 2 is 2.19 bits per heavy atom. The first-order valence-corrected chi connectivity index (χ1v) is 9.72. The molecule has 0 aliphatic carbocycles. The fourth-order valence-corrected chi connectivity index (χ4v) is 4.84. The number of halogens is 1. The summed E-state index contributed by atoms with van der Waals surface area (Å²) in [5.41, 5.74) is 1.28. The molecule has 1 aromatic carbocycles. The third-order valence-corrected chi connectivity index (χ3v) is 6.37. The van der Waals surface area contributed by atoms with Crippen LogP contribution in [0.15, 0.2) is 18.3 Å². The van der Waals surface area contributed by atoms with Gasteiger partial charge in [0.2, 0.25) is 0 Å². The Bertz CT molecular complexity index is 862. The molecule has 3 heterocycles. The molecule has 2 amide bonds. The number of benzene rings is 1. The second-order valence-electron chi connectivity index (χ2n) is 7.60. The van der Waals surface area contributed by atoms with Crippen molar-refractivity contribution in [2.24, 2.45) is 5.92 Å². The van der Waals surface area contributed by atoms with Crippen molar-refractivity contribution in [3.63, 3.8) is 0 Å². The van der Waals surface area contributed by atoms with E-state index in [-0.39, 0.29) is 11.9 Å². The minimum Gasteiger partial charge on any atom is -0.386 e. The molecule has 1 aromatic heterocycles. The number of amides is 2. The van der Waals surface area contributed by atoms with Gasteiger partial charge >= 0.3 is 6.03 Å². The molecule has 2 aliphatic rings. The molecular weight excluding hydrogens is 368 g/mol. The molecule has 8 heteroatoms. The van der Waals surface area contributed by atoms with Crippen molar-refractivity contribution >= 4 is 28.5 Å². The van der Waals surface area contributed by atoms with Crippen LogP contribution in [0.1, 0.15) is 31.4 Å². The van der Waals surface area contributed by atoms with Crippen molar-refractivity contribution in [1.82, 2.24) is 20.0 Å². The van der Waals surface area contributed by atoms with Gasteiger partial charge in [-0.15, -0.1) is 0 Å². The molecule has 4 rings (SSSR count). The van der Waals surface area contributed by atoms with Gasteiger partial charge in [-0.3, -0.25) is 4.68 Å². The zero-order valence-corrected chi connectivity index (χ0v) is 16.4. The summed E-state index contributed by atoms with van der Waals surface area (Å²) in [7, 11) is 1.61. The van der Waals surface area contributed by atoms with Crippen LogP contribution in [0, 0.1) is 5.92 Å². The van der Waals surface area contributed by atoms with Gasteiger partial charge in [-0.25, -0.2) is 4.79 Å². The van der Waals surface area contributed by atoms with Crippen molar-refractivity contribution in [2.45, 2.75) is 31.4 Å². The Kier molecular flexibility index (Phi) is 4.78. The molecule has 2 aromatic rings. The highest BCUT2D eigenvalue weighted by atomic mass is 35.5. The van der Waals surface area contributed by atoms with Crippen LogP contribution in [0.2, 0.25) is 5.02 Å². The Morgan fingerprint density at radius 3 is 2.89 bits per heavy atom. The van der Waals surface area contributed by atoms with Crippen molar-refractivity contribution < 1.29 is 14.6 Å². The number of carbonyl (C=O) groups excluding carboxylic acids is 1. The summed E-state index contributed by atoms with van der Waals surface area (Å²) >= 11 is 6.22. The predicted molar refractivity (Wildman–Crippen MR) is 103 cm³/mol. The molecule has 2 aliphatic heterocycles. The number of nitrogens with one attached hydrogen (secondary N) is 1. The van der Waals surface area contributed by atoms with E-state index in [1.165, 1.54) is 0 Å². The number of nitrogens with zero attached hydrogens (tertiary/aromatic N) is 3. The molecule has 0 bridgehead atoms. The molecule has 0 spiro atoms. The molecule has 0 radical (unpaired) electrons. The van der Waals surface area contributed by atoms with Gasteiger partial charge in [0.05, 0.1) is 23.9 Å². The topological polar surface area (TPSA) is 79.6 Å². The van der Waals surface area contributed by atoms with Crippen molar-refractivity contribution in [1.29, 1.82) is 0 Å². The van der Waals surface area contributed by atoms with Crippen LogP contribution in [0.4, 0.5) is 4.79 Å². The molecule has 27 heavy (non-hydrogen) atoms. The monoisotopic (exact) mass is 392 g/mol. The van der Waals surface area contributed by atoms with Crippen LogP contribution in [0.5, 0.6) is 0 Å². The maximum Gasteiger partial charge on any atom is 0.317 e. The second kappa shape index (κ2) is 6.96. The van der Waals surface area contributed by atoms with E-state index < -0.39 is 11.6 Å². The summed E-state index contributed by atoms with van der Waals surface area (Å²) in [5, 5.41) is 20.2. The van der Waals surface area contributed by atoms with Gasteiger partial charge in [0.15, 0.2) is 0 Å². The lowest BCUT2D eigenvalue weighted by atomic mass is 9.75. The zero-order chi connectivity index (χ0) is 19.2. The van der Waals surface area contributed by atoms with Crippen LogP contribution in [-0.2, 0) is 10.3 Å². The third-order valence-electron chi connectivity index (χ3n) is 6.15. The van der Waals surface area contributed by atoms with Crippen molar-refractivity contribution in [3.8, 4) is 0 Å². The van der Waals surface area contributed by atoms with Crippen LogP contribution >= 0.6 is 11.6 Å². The summed E-state index contributed by atoms with van der Waals surface area (Å²) in [6, 6.07) is 3.67. The van der Waals surface area contributed by atoms with E-state index in [9.17, 15) is 9.90 Å².